The second-order valence-electron chi connectivity index (χ2n) is 5.70. The predicted molar refractivity (Wildman–Crippen MR) is 95.4 cm³/mol. The van der Waals surface area contributed by atoms with Crippen molar-refractivity contribution in [2.75, 3.05) is 19.8 Å². The zero-order chi connectivity index (χ0) is 17.1. The first-order chi connectivity index (χ1) is 11.0. The molecule has 4 nitrogen and oxygen atoms in total. The van der Waals surface area contributed by atoms with E-state index in [1.54, 1.807) is 12.1 Å². The SMILES string of the molecule is CCCCC(CC)COCCCNS(=O)(=O)c1ccc(Cl)cc1. The zero-order valence-electron chi connectivity index (χ0n) is 14.1. The smallest absolute Gasteiger partial charge is 0.240 e. The number of rotatable bonds is 12. The van der Waals surface area contributed by atoms with E-state index in [1.165, 1.54) is 31.4 Å². The summed E-state index contributed by atoms with van der Waals surface area (Å²) in [5.74, 6) is 0.612. The van der Waals surface area contributed by atoms with E-state index >= 15 is 0 Å². The van der Waals surface area contributed by atoms with Crippen LogP contribution in [0.4, 0.5) is 0 Å². The van der Waals surface area contributed by atoms with Gasteiger partial charge >= 0.3 is 0 Å². The molecule has 1 unspecified atom stereocenters. The first-order valence-corrected chi connectivity index (χ1v) is 10.2. The third-order valence-corrected chi connectivity index (χ3v) is 5.51. The van der Waals surface area contributed by atoms with E-state index in [0.29, 0.717) is 30.5 Å². The third-order valence-electron chi connectivity index (χ3n) is 3.78. The summed E-state index contributed by atoms with van der Waals surface area (Å²) in [6.07, 6.45) is 5.45. The van der Waals surface area contributed by atoms with Gasteiger partial charge in [0.15, 0.2) is 0 Å². The molecule has 0 saturated carbocycles. The van der Waals surface area contributed by atoms with Crippen molar-refractivity contribution in [1.29, 1.82) is 0 Å². The second kappa shape index (κ2) is 11.0. The third kappa shape index (κ3) is 8.15. The topological polar surface area (TPSA) is 55.4 Å². The average molecular weight is 362 g/mol. The van der Waals surface area contributed by atoms with Crippen LogP contribution in [0.25, 0.3) is 0 Å². The summed E-state index contributed by atoms with van der Waals surface area (Å²) in [4.78, 5) is 0.230. The first kappa shape index (κ1) is 20.4. The van der Waals surface area contributed by atoms with Crippen LogP contribution in [0.2, 0.25) is 5.02 Å². The van der Waals surface area contributed by atoms with Crippen LogP contribution in [0.3, 0.4) is 0 Å². The highest BCUT2D eigenvalue weighted by Crippen LogP contribution is 2.14. The molecule has 1 rings (SSSR count). The van der Waals surface area contributed by atoms with Crippen LogP contribution < -0.4 is 4.72 Å². The van der Waals surface area contributed by atoms with Crippen molar-refractivity contribution in [2.24, 2.45) is 5.92 Å². The van der Waals surface area contributed by atoms with Crippen molar-refractivity contribution in [3.63, 3.8) is 0 Å². The van der Waals surface area contributed by atoms with E-state index in [0.717, 1.165) is 13.0 Å². The Labute approximate surface area is 145 Å². The van der Waals surface area contributed by atoms with Gasteiger partial charge in [0.1, 0.15) is 0 Å². The monoisotopic (exact) mass is 361 g/mol. The number of ether oxygens (including phenoxy) is 1. The van der Waals surface area contributed by atoms with Gasteiger partial charge in [-0.2, -0.15) is 0 Å². The van der Waals surface area contributed by atoms with Crippen molar-refractivity contribution in [3.8, 4) is 0 Å². The maximum Gasteiger partial charge on any atom is 0.240 e. The van der Waals surface area contributed by atoms with Crippen LogP contribution in [0.15, 0.2) is 29.2 Å². The molecule has 23 heavy (non-hydrogen) atoms. The van der Waals surface area contributed by atoms with E-state index in [-0.39, 0.29) is 4.90 Å². The highest BCUT2D eigenvalue weighted by Gasteiger charge is 2.12. The fourth-order valence-electron chi connectivity index (χ4n) is 2.23. The Hall–Kier alpha value is -0.620. The predicted octanol–water partition coefficient (Wildman–Crippen LogP) is 4.24. The van der Waals surface area contributed by atoms with Gasteiger partial charge < -0.3 is 4.74 Å². The zero-order valence-corrected chi connectivity index (χ0v) is 15.6. The number of nitrogens with one attached hydrogen (secondary N) is 1. The Morgan fingerprint density at radius 1 is 1.17 bits per heavy atom. The lowest BCUT2D eigenvalue weighted by atomic mass is 10.0. The van der Waals surface area contributed by atoms with Crippen molar-refractivity contribution in [3.05, 3.63) is 29.3 Å². The van der Waals surface area contributed by atoms with Crippen molar-refractivity contribution in [2.45, 2.75) is 50.8 Å². The minimum Gasteiger partial charge on any atom is -0.381 e. The molecule has 1 atom stereocenters. The van der Waals surface area contributed by atoms with Crippen molar-refractivity contribution < 1.29 is 13.2 Å². The number of hydrogen-bond donors (Lipinski definition) is 1. The number of sulfonamides is 1. The van der Waals surface area contributed by atoms with E-state index in [4.69, 9.17) is 16.3 Å². The normalized spacial score (nSPS) is 13.2. The van der Waals surface area contributed by atoms with Crippen LogP contribution in [-0.4, -0.2) is 28.2 Å². The maximum atomic E-state index is 12.1. The number of halogens is 1. The molecule has 0 aliphatic rings. The molecule has 0 radical (unpaired) electrons. The molecular formula is C17H28ClNO3S. The molecule has 6 heteroatoms. The molecule has 0 fully saturated rings. The number of unbranched alkanes of at least 4 members (excludes halogenated alkanes) is 1. The molecular weight excluding hydrogens is 334 g/mol. The molecule has 0 spiro atoms. The van der Waals surface area contributed by atoms with E-state index in [9.17, 15) is 8.42 Å². The van der Waals surface area contributed by atoms with Crippen LogP contribution in [-0.2, 0) is 14.8 Å². The molecule has 0 aliphatic heterocycles. The molecule has 1 aromatic carbocycles. The van der Waals surface area contributed by atoms with Gasteiger partial charge in [-0.05, 0) is 43.0 Å². The fourth-order valence-corrected chi connectivity index (χ4v) is 3.43. The number of hydrogen-bond acceptors (Lipinski definition) is 3. The average Bonchev–Trinajstić information content (AvgIpc) is 2.54. The van der Waals surface area contributed by atoms with Crippen LogP contribution in [0.1, 0.15) is 46.0 Å². The summed E-state index contributed by atoms with van der Waals surface area (Å²) >= 11 is 5.76. The van der Waals surface area contributed by atoms with Crippen molar-refractivity contribution >= 4 is 21.6 Å². The summed E-state index contributed by atoms with van der Waals surface area (Å²) < 4.78 is 32.4. The van der Waals surface area contributed by atoms with Gasteiger partial charge in [0.2, 0.25) is 10.0 Å². The fraction of sp³-hybridized carbons (Fsp3) is 0.647. The molecule has 0 aromatic heterocycles. The van der Waals surface area contributed by atoms with Gasteiger partial charge in [0, 0.05) is 24.8 Å². The Morgan fingerprint density at radius 3 is 2.48 bits per heavy atom. The Balaban J connectivity index is 2.22. The summed E-state index contributed by atoms with van der Waals surface area (Å²) in [5.41, 5.74) is 0. The van der Waals surface area contributed by atoms with Gasteiger partial charge in [-0.25, -0.2) is 13.1 Å². The van der Waals surface area contributed by atoms with Crippen LogP contribution >= 0.6 is 11.6 Å². The lowest BCUT2D eigenvalue weighted by Gasteiger charge is -2.14. The van der Waals surface area contributed by atoms with Gasteiger partial charge in [0.05, 0.1) is 4.90 Å². The largest absolute Gasteiger partial charge is 0.381 e. The molecule has 0 saturated heterocycles. The molecule has 0 bridgehead atoms. The standard InChI is InChI=1S/C17H28ClNO3S/c1-3-5-7-15(4-2)14-22-13-6-12-19-23(20,21)17-10-8-16(18)9-11-17/h8-11,15,19H,3-7,12-14H2,1-2H3. The Bertz CT molecular complexity index is 531. The van der Waals surface area contributed by atoms with E-state index in [2.05, 4.69) is 18.6 Å². The number of benzene rings is 1. The molecule has 0 heterocycles. The molecule has 132 valence electrons. The quantitative estimate of drug-likeness (QED) is 0.566. The summed E-state index contributed by atoms with van der Waals surface area (Å²) in [6.45, 7) is 6.09. The van der Waals surface area contributed by atoms with Crippen LogP contribution in [0.5, 0.6) is 0 Å². The summed E-state index contributed by atoms with van der Waals surface area (Å²) in [5, 5.41) is 0.519. The second-order valence-corrected chi connectivity index (χ2v) is 7.90. The minimum atomic E-state index is -3.46. The molecule has 1 aromatic rings. The minimum absolute atomic E-state index is 0.230. The maximum absolute atomic E-state index is 12.1. The highest BCUT2D eigenvalue weighted by atomic mass is 35.5. The molecule has 0 aliphatic carbocycles. The Kier molecular flexibility index (Phi) is 9.79. The molecule has 1 N–H and O–H groups in total. The lowest BCUT2D eigenvalue weighted by Crippen LogP contribution is -2.25. The van der Waals surface area contributed by atoms with Gasteiger partial charge in [-0.3, -0.25) is 0 Å². The highest BCUT2D eigenvalue weighted by molar-refractivity contribution is 7.89. The van der Waals surface area contributed by atoms with Gasteiger partial charge in [-0.15, -0.1) is 0 Å². The lowest BCUT2D eigenvalue weighted by molar-refractivity contribution is 0.0928. The molecule has 0 amide bonds. The van der Waals surface area contributed by atoms with Crippen LogP contribution in [0, 0.1) is 5.92 Å². The summed E-state index contributed by atoms with van der Waals surface area (Å²) in [7, 11) is -3.46. The van der Waals surface area contributed by atoms with E-state index in [1.807, 2.05) is 0 Å². The van der Waals surface area contributed by atoms with Gasteiger partial charge in [0.25, 0.3) is 0 Å². The first-order valence-electron chi connectivity index (χ1n) is 8.32. The van der Waals surface area contributed by atoms with Gasteiger partial charge in [-0.1, -0.05) is 44.7 Å². The van der Waals surface area contributed by atoms with Crippen molar-refractivity contribution in [1.82, 2.24) is 4.72 Å². The Morgan fingerprint density at radius 2 is 1.87 bits per heavy atom. The summed E-state index contributed by atoms with van der Waals surface area (Å²) in [6, 6.07) is 6.14. The van der Waals surface area contributed by atoms with E-state index < -0.39 is 10.0 Å².